The minimum Gasteiger partial charge on any atom is -0.468 e. The molecule has 0 spiro atoms. The molecular weight excluding hydrogens is 416 g/mol. The number of furan rings is 2. The third-order valence-corrected chi connectivity index (χ3v) is 7.78. The van der Waals surface area contributed by atoms with Gasteiger partial charge in [-0.05, 0) is 55.3 Å². The highest BCUT2D eigenvalue weighted by Crippen LogP contribution is 2.26. The molecule has 0 aliphatic heterocycles. The Morgan fingerprint density at radius 2 is 1.45 bits per heavy atom. The van der Waals surface area contributed by atoms with Crippen LogP contribution < -0.4 is 4.72 Å². The molecule has 2 aromatic heterocycles. The maximum atomic E-state index is 13.3. The maximum absolute atomic E-state index is 13.3. The number of sulfonamides is 2. The molecule has 154 valence electrons. The van der Waals surface area contributed by atoms with Crippen molar-refractivity contribution in [3.63, 3.8) is 0 Å². The monoisotopic (exact) mass is 436 g/mol. The van der Waals surface area contributed by atoms with Gasteiger partial charge in [-0.1, -0.05) is 6.07 Å². The molecule has 0 radical (unpaired) electrons. The van der Waals surface area contributed by atoms with Crippen LogP contribution in [0.25, 0.3) is 0 Å². The van der Waals surface area contributed by atoms with Crippen molar-refractivity contribution in [2.45, 2.75) is 41.8 Å². The SMILES string of the molecule is O=S(=O)(NC1CC1)c1cccc(S(=O)(=O)N(Cc2ccco2)Cc2ccco2)c1. The Morgan fingerprint density at radius 3 is 1.97 bits per heavy atom. The van der Waals surface area contributed by atoms with Crippen LogP contribution >= 0.6 is 0 Å². The van der Waals surface area contributed by atoms with E-state index < -0.39 is 20.0 Å². The quantitative estimate of drug-likeness (QED) is 0.552. The van der Waals surface area contributed by atoms with Crippen molar-refractivity contribution in [3.05, 3.63) is 72.6 Å². The van der Waals surface area contributed by atoms with Crippen molar-refractivity contribution in [1.82, 2.24) is 9.03 Å². The van der Waals surface area contributed by atoms with Gasteiger partial charge in [0, 0.05) is 6.04 Å². The molecule has 0 bridgehead atoms. The van der Waals surface area contributed by atoms with Gasteiger partial charge in [0.1, 0.15) is 11.5 Å². The largest absolute Gasteiger partial charge is 0.468 e. The average molecular weight is 437 g/mol. The number of rotatable bonds is 9. The molecule has 0 atom stereocenters. The number of benzene rings is 1. The fourth-order valence-corrected chi connectivity index (χ4v) is 5.66. The molecular formula is C19H20N2O6S2. The van der Waals surface area contributed by atoms with E-state index in [1.807, 2.05) is 0 Å². The summed E-state index contributed by atoms with van der Waals surface area (Å²) in [5, 5.41) is 0. The molecule has 0 amide bonds. The predicted molar refractivity (Wildman–Crippen MR) is 104 cm³/mol. The molecule has 1 aromatic carbocycles. The van der Waals surface area contributed by atoms with Gasteiger partial charge in [-0.25, -0.2) is 21.6 Å². The predicted octanol–water partition coefficient (Wildman–Crippen LogP) is 2.70. The lowest BCUT2D eigenvalue weighted by Crippen LogP contribution is -2.30. The zero-order valence-corrected chi connectivity index (χ0v) is 17.0. The van der Waals surface area contributed by atoms with Gasteiger partial charge in [0.2, 0.25) is 20.0 Å². The van der Waals surface area contributed by atoms with E-state index in [4.69, 9.17) is 8.83 Å². The van der Waals surface area contributed by atoms with Crippen LogP contribution in [0.3, 0.4) is 0 Å². The summed E-state index contributed by atoms with van der Waals surface area (Å²) in [4.78, 5) is -0.198. The van der Waals surface area contributed by atoms with Crippen LogP contribution in [0.1, 0.15) is 24.4 Å². The first-order valence-electron chi connectivity index (χ1n) is 9.02. The molecule has 2 heterocycles. The summed E-state index contributed by atoms with van der Waals surface area (Å²) < 4.78 is 66.0. The molecule has 1 aliphatic carbocycles. The Labute approximate surface area is 169 Å². The van der Waals surface area contributed by atoms with Crippen LogP contribution in [0.4, 0.5) is 0 Å². The zero-order chi connectivity index (χ0) is 20.5. The normalized spacial score (nSPS) is 15.1. The fraction of sp³-hybridized carbons (Fsp3) is 0.263. The van der Waals surface area contributed by atoms with Crippen molar-refractivity contribution in [1.29, 1.82) is 0 Å². The lowest BCUT2D eigenvalue weighted by molar-refractivity contribution is 0.330. The second kappa shape index (κ2) is 7.79. The molecule has 0 saturated heterocycles. The molecule has 0 unspecified atom stereocenters. The van der Waals surface area contributed by atoms with Gasteiger partial charge in [-0.15, -0.1) is 0 Å². The Balaban J connectivity index is 1.67. The van der Waals surface area contributed by atoms with E-state index in [-0.39, 0.29) is 28.9 Å². The summed E-state index contributed by atoms with van der Waals surface area (Å²) in [5.41, 5.74) is 0. The summed E-state index contributed by atoms with van der Waals surface area (Å²) in [7, 11) is -7.80. The minimum absolute atomic E-state index is 0.0205. The van der Waals surface area contributed by atoms with Crippen molar-refractivity contribution in [2.24, 2.45) is 0 Å². The summed E-state index contributed by atoms with van der Waals surface area (Å²) in [5.74, 6) is 0.915. The number of hydrogen-bond acceptors (Lipinski definition) is 6. The lowest BCUT2D eigenvalue weighted by atomic mass is 10.4. The highest BCUT2D eigenvalue weighted by atomic mass is 32.2. The lowest BCUT2D eigenvalue weighted by Gasteiger charge is -2.20. The van der Waals surface area contributed by atoms with Gasteiger partial charge in [-0.2, -0.15) is 4.31 Å². The molecule has 1 N–H and O–H groups in total. The summed E-state index contributed by atoms with van der Waals surface area (Å²) in [6, 6.07) is 12.0. The van der Waals surface area contributed by atoms with Gasteiger partial charge in [-0.3, -0.25) is 0 Å². The Morgan fingerprint density at radius 1 is 0.862 bits per heavy atom. The van der Waals surface area contributed by atoms with Gasteiger partial charge in [0.05, 0.1) is 35.4 Å². The first kappa shape index (κ1) is 19.9. The van der Waals surface area contributed by atoms with Crippen LogP contribution in [0.5, 0.6) is 0 Å². The molecule has 1 fully saturated rings. The molecule has 8 nitrogen and oxygen atoms in total. The Hall–Kier alpha value is -2.40. The highest BCUT2D eigenvalue weighted by molar-refractivity contribution is 7.90. The van der Waals surface area contributed by atoms with Crippen molar-refractivity contribution in [3.8, 4) is 0 Å². The van der Waals surface area contributed by atoms with Gasteiger partial charge >= 0.3 is 0 Å². The van der Waals surface area contributed by atoms with Crippen LogP contribution in [-0.2, 0) is 33.1 Å². The van der Waals surface area contributed by atoms with E-state index >= 15 is 0 Å². The topological polar surface area (TPSA) is 110 Å². The van der Waals surface area contributed by atoms with E-state index in [0.717, 1.165) is 12.8 Å². The first-order chi connectivity index (χ1) is 13.8. The molecule has 1 saturated carbocycles. The minimum atomic E-state index is -4.03. The van der Waals surface area contributed by atoms with Crippen LogP contribution in [0, 0.1) is 0 Å². The second-order valence-electron chi connectivity index (χ2n) is 6.80. The molecule has 1 aliphatic rings. The van der Waals surface area contributed by atoms with Gasteiger partial charge < -0.3 is 8.83 Å². The number of nitrogens with zero attached hydrogens (tertiary/aromatic N) is 1. The maximum Gasteiger partial charge on any atom is 0.243 e. The zero-order valence-electron chi connectivity index (χ0n) is 15.4. The van der Waals surface area contributed by atoms with Crippen molar-refractivity contribution in [2.75, 3.05) is 0 Å². The number of nitrogens with one attached hydrogen (secondary N) is 1. The third kappa shape index (κ3) is 4.61. The Kier molecular flexibility index (Phi) is 5.34. The Bertz CT molecular complexity index is 1130. The third-order valence-electron chi connectivity index (χ3n) is 4.48. The van der Waals surface area contributed by atoms with E-state index in [2.05, 4.69) is 4.72 Å². The standard InChI is InChI=1S/C19H20N2O6S2/c22-28(23,20-15-8-9-15)18-6-1-7-19(12-18)29(24,25)21(13-16-4-2-10-26-16)14-17-5-3-11-27-17/h1-7,10-12,15,20H,8-9,13-14H2. The van der Waals surface area contributed by atoms with Crippen LogP contribution in [0.15, 0.2) is 79.7 Å². The van der Waals surface area contributed by atoms with Crippen molar-refractivity contribution < 1.29 is 25.7 Å². The number of hydrogen-bond donors (Lipinski definition) is 1. The molecule has 4 rings (SSSR count). The highest BCUT2D eigenvalue weighted by Gasteiger charge is 2.31. The summed E-state index contributed by atoms with van der Waals surface area (Å²) in [6.07, 6.45) is 4.50. The van der Waals surface area contributed by atoms with E-state index in [0.29, 0.717) is 11.5 Å². The second-order valence-corrected chi connectivity index (χ2v) is 10.5. The van der Waals surface area contributed by atoms with E-state index in [1.165, 1.54) is 41.1 Å². The van der Waals surface area contributed by atoms with E-state index in [9.17, 15) is 16.8 Å². The van der Waals surface area contributed by atoms with Crippen LogP contribution in [-0.4, -0.2) is 27.2 Å². The smallest absolute Gasteiger partial charge is 0.243 e. The van der Waals surface area contributed by atoms with Gasteiger partial charge in [0.15, 0.2) is 0 Å². The molecule has 3 aromatic rings. The van der Waals surface area contributed by atoms with Crippen molar-refractivity contribution >= 4 is 20.0 Å². The summed E-state index contributed by atoms with van der Waals surface area (Å²) >= 11 is 0. The average Bonchev–Trinajstić information content (AvgIpc) is 3.12. The first-order valence-corrected chi connectivity index (χ1v) is 11.9. The summed E-state index contributed by atoms with van der Waals surface area (Å²) in [6.45, 7) is -0.0410. The molecule has 29 heavy (non-hydrogen) atoms. The van der Waals surface area contributed by atoms with Gasteiger partial charge in [0.25, 0.3) is 0 Å². The molecule has 10 heteroatoms. The van der Waals surface area contributed by atoms with E-state index in [1.54, 1.807) is 24.3 Å². The van der Waals surface area contributed by atoms with Crippen LogP contribution in [0.2, 0.25) is 0 Å². The fourth-order valence-electron chi connectivity index (χ4n) is 2.82.